The van der Waals surface area contributed by atoms with Crippen LogP contribution in [0.4, 0.5) is 0 Å². The molecule has 0 radical (unpaired) electrons. The second-order valence-corrected chi connectivity index (χ2v) is 12.2. The van der Waals surface area contributed by atoms with Crippen LogP contribution in [0.2, 0.25) is 0 Å². The van der Waals surface area contributed by atoms with E-state index in [2.05, 4.69) is 4.98 Å². The Labute approximate surface area is 288 Å². The van der Waals surface area contributed by atoms with Gasteiger partial charge in [0.05, 0.1) is 41.4 Å². The Balaban J connectivity index is 1.47. The number of benzene rings is 4. The highest BCUT2D eigenvalue weighted by Crippen LogP contribution is 2.44. The van der Waals surface area contributed by atoms with Gasteiger partial charge in [0.2, 0.25) is 11.7 Å². The number of esters is 1. The number of aliphatic hydroxyl groups excluding tert-OH is 4. The van der Waals surface area contributed by atoms with E-state index in [9.17, 15) is 40.2 Å². The van der Waals surface area contributed by atoms with E-state index in [1.165, 1.54) is 37.6 Å². The number of methoxy groups -OCH3 is 1. The van der Waals surface area contributed by atoms with Crippen molar-refractivity contribution in [3.8, 4) is 28.4 Å². The molecule has 1 fully saturated rings. The molecule has 0 saturated carbocycles. The number of phenols is 2. The van der Waals surface area contributed by atoms with Crippen molar-refractivity contribution in [2.45, 2.75) is 43.5 Å². The Morgan fingerprint density at radius 3 is 2.31 bits per heavy atom. The van der Waals surface area contributed by atoms with Crippen LogP contribution in [0.3, 0.4) is 0 Å². The van der Waals surface area contributed by atoms with E-state index in [0.29, 0.717) is 27.7 Å². The average Bonchev–Trinajstić information content (AvgIpc) is 3.13. The number of nitrogens with zero attached hydrogens (tertiary/aromatic N) is 2. The Kier molecular flexibility index (Phi) is 8.79. The highest BCUT2D eigenvalue weighted by molar-refractivity contribution is 6.05. The molecule has 4 unspecified atom stereocenters. The summed E-state index contributed by atoms with van der Waals surface area (Å²) in [6.45, 7) is 0.961. The van der Waals surface area contributed by atoms with E-state index in [-0.39, 0.29) is 44.7 Å². The summed E-state index contributed by atoms with van der Waals surface area (Å²) in [6.07, 6.45) is -7.07. The van der Waals surface area contributed by atoms with Crippen LogP contribution in [0.15, 0.2) is 82.2 Å². The number of fused-ring (bicyclic) bond motifs is 3. The lowest BCUT2D eigenvalue weighted by molar-refractivity contribution is -0.277. The lowest BCUT2D eigenvalue weighted by atomic mass is 9.86. The molecule has 0 aliphatic carbocycles. The SMILES string of the molecule is COC(=O)c1c(C(C)c2c(O[C@@H]3OC(CO)[C@@H](O)C(O)C3O)cc(O)c3c(=O)c(-c4ccc(O)cc4)coc23)ccc2nc3ccccc3nc12. The summed E-state index contributed by atoms with van der Waals surface area (Å²) in [6, 6.07) is 17.4. The number of ether oxygens (including phenoxy) is 3. The first-order chi connectivity index (χ1) is 24.5. The number of carbonyl (C=O) groups excluding carboxylic acids is 1. The average molecular weight is 697 g/mol. The normalized spacial score (nSPS) is 21.2. The molecule has 3 heterocycles. The molecule has 262 valence electrons. The zero-order valence-electron chi connectivity index (χ0n) is 27.1. The smallest absolute Gasteiger partial charge is 0.340 e. The molecular formula is C37H32N2O12. The molecule has 1 saturated heterocycles. The van der Waals surface area contributed by atoms with E-state index >= 15 is 0 Å². The van der Waals surface area contributed by atoms with Gasteiger partial charge < -0.3 is 49.3 Å². The molecule has 1 aliphatic heterocycles. The number of hydrogen-bond donors (Lipinski definition) is 6. The quantitative estimate of drug-likeness (QED) is 0.104. The van der Waals surface area contributed by atoms with Crippen LogP contribution in [0.1, 0.15) is 34.3 Å². The second-order valence-electron chi connectivity index (χ2n) is 12.2. The number of aromatic nitrogens is 2. The molecular weight excluding hydrogens is 664 g/mol. The lowest BCUT2D eigenvalue weighted by Crippen LogP contribution is -2.60. The van der Waals surface area contributed by atoms with Crippen LogP contribution < -0.4 is 10.2 Å². The van der Waals surface area contributed by atoms with Gasteiger partial charge in [-0.05, 0) is 41.5 Å². The minimum Gasteiger partial charge on any atom is -0.508 e. The van der Waals surface area contributed by atoms with E-state index in [0.717, 1.165) is 6.07 Å². The van der Waals surface area contributed by atoms with Gasteiger partial charge in [-0.1, -0.05) is 37.3 Å². The van der Waals surface area contributed by atoms with Gasteiger partial charge >= 0.3 is 5.97 Å². The molecule has 6 N–H and O–H groups in total. The Hall–Kier alpha value is -5.64. The maximum atomic E-state index is 14.0. The van der Waals surface area contributed by atoms with Crippen LogP contribution in [0.5, 0.6) is 17.2 Å². The standard InChI is InChI=1S/C37H32N2O12/c1-16(19-11-12-23-30(28(19)36(47)48-2)39-22-6-4-3-5-21(22)38-23)27-25(50-37-34(46)33(45)32(44)26(14-40)51-37)13-24(42)29-31(43)20(15-49-35(27)29)17-7-9-18(41)10-8-17/h3-13,15-16,26,32-34,37,40-42,44-46H,14H2,1-2H3/t16?,26?,32-,33?,34?,37-/m1/s1. The van der Waals surface area contributed by atoms with Crippen molar-refractivity contribution in [2.24, 2.45) is 0 Å². The van der Waals surface area contributed by atoms with Gasteiger partial charge in [0, 0.05) is 17.5 Å². The van der Waals surface area contributed by atoms with E-state index in [1.54, 1.807) is 37.3 Å². The largest absolute Gasteiger partial charge is 0.508 e. The van der Waals surface area contributed by atoms with Gasteiger partial charge in [-0.2, -0.15) is 0 Å². The summed E-state index contributed by atoms with van der Waals surface area (Å²) in [5.74, 6) is -2.41. The summed E-state index contributed by atoms with van der Waals surface area (Å²) in [5.41, 5.74) is 1.98. The van der Waals surface area contributed by atoms with Crippen LogP contribution in [0, 0.1) is 0 Å². The second kappa shape index (κ2) is 13.2. The number of rotatable bonds is 7. The fraction of sp³-hybridized carbons (Fsp3) is 0.243. The zero-order chi connectivity index (χ0) is 36.1. The zero-order valence-corrected chi connectivity index (χ0v) is 27.1. The molecule has 14 heteroatoms. The van der Waals surface area contributed by atoms with Gasteiger partial charge in [0.25, 0.3) is 0 Å². The van der Waals surface area contributed by atoms with E-state index < -0.39 is 60.4 Å². The molecule has 6 aromatic rings. The Morgan fingerprint density at radius 2 is 1.63 bits per heavy atom. The number of aliphatic hydroxyl groups is 4. The van der Waals surface area contributed by atoms with Crippen molar-refractivity contribution in [2.75, 3.05) is 13.7 Å². The first-order valence-corrected chi connectivity index (χ1v) is 15.9. The molecule has 14 nitrogen and oxygen atoms in total. The summed E-state index contributed by atoms with van der Waals surface area (Å²) in [5, 5.41) is 62.2. The van der Waals surface area contributed by atoms with Crippen molar-refractivity contribution in [1.82, 2.24) is 9.97 Å². The highest BCUT2D eigenvalue weighted by atomic mass is 16.7. The minimum atomic E-state index is -1.82. The van der Waals surface area contributed by atoms with Crippen molar-refractivity contribution in [3.63, 3.8) is 0 Å². The molecule has 7 rings (SSSR count). The van der Waals surface area contributed by atoms with Gasteiger partial charge in [-0.25, -0.2) is 14.8 Å². The number of aromatic hydroxyl groups is 2. The Morgan fingerprint density at radius 1 is 0.922 bits per heavy atom. The summed E-state index contributed by atoms with van der Waals surface area (Å²) >= 11 is 0. The maximum absolute atomic E-state index is 14.0. The summed E-state index contributed by atoms with van der Waals surface area (Å²) < 4.78 is 23.0. The minimum absolute atomic E-state index is 0.0210. The van der Waals surface area contributed by atoms with Crippen LogP contribution in [-0.2, 0) is 9.47 Å². The molecule has 0 spiro atoms. The molecule has 2 aromatic heterocycles. The molecule has 6 atom stereocenters. The number of carbonyl (C=O) groups is 1. The van der Waals surface area contributed by atoms with Crippen molar-refractivity contribution < 1.29 is 54.1 Å². The molecule has 4 aromatic carbocycles. The van der Waals surface area contributed by atoms with Gasteiger partial charge in [0.1, 0.15) is 64.4 Å². The van der Waals surface area contributed by atoms with E-state index in [4.69, 9.17) is 23.6 Å². The number of hydrogen-bond acceptors (Lipinski definition) is 14. The van der Waals surface area contributed by atoms with Gasteiger partial charge in [-0.3, -0.25) is 4.79 Å². The fourth-order valence-electron chi connectivity index (χ4n) is 6.46. The van der Waals surface area contributed by atoms with Crippen LogP contribution in [-0.4, -0.2) is 91.0 Å². The van der Waals surface area contributed by atoms with Crippen LogP contribution in [0.25, 0.3) is 44.2 Å². The number of para-hydroxylation sites is 2. The van der Waals surface area contributed by atoms with Gasteiger partial charge in [0.15, 0.2) is 0 Å². The highest BCUT2D eigenvalue weighted by Gasteiger charge is 2.45. The number of phenolic OH excluding ortho intramolecular Hbond substituents is 2. The van der Waals surface area contributed by atoms with Crippen molar-refractivity contribution >= 4 is 39.0 Å². The molecule has 0 bridgehead atoms. The first kappa shape index (κ1) is 33.8. The lowest BCUT2D eigenvalue weighted by Gasteiger charge is -2.40. The Bertz CT molecular complexity index is 2360. The molecule has 0 amide bonds. The first-order valence-electron chi connectivity index (χ1n) is 15.9. The summed E-state index contributed by atoms with van der Waals surface area (Å²) in [4.78, 5) is 36.9. The third-order valence-corrected chi connectivity index (χ3v) is 9.13. The fourth-order valence-corrected chi connectivity index (χ4v) is 6.46. The third kappa shape index (κ3) is 5.78. The third-order valence-electron chi connectivity index (χ3n) is 9.13. The topological polar surface area (TPSA) is 222 Å². The monoisotopic (exact) mass is 696 g/mol. The maximum Gasteiger partial charge on any atom is 0.340 e. The predicted octanol–water partition coefficient (Wildman–Crippen LogP) is 3.08. The van der Waals surface area contributed by atoms with Crippen LogP contribution >= 0.6 is 0 Å². The van der Waals surface area contributed by atoms with Crippen molar-refractivity contribution in [1.29, 1.82) is 0 Å². The summed E-state index contributed by atoms with van der Waals surface area (Å²) in [7, 11) is 1.22. The van der Waals surface area contributed by atoms with Gasteiger partial charge in [-0.15, -0.1) is 0 Å². The molecule has 1 aliphatic rings. The van der Waals surface area contributed by atoms with Crippen molar-refractivity contribution in [3.05, 3.63) is 99.9 Å². The van der Waals surface area contributed by atoms with E-state index in [1.807, 2.05) is 6.07 Å². The molecule has 51 heavy (non-hydrogen) atoms. The predicted molar refractivity (Wildman–Crippen MR) is 182 cm³/mol.